The van der Waals surface area contributed by atoms with Gasteiger partial charge >= 0.3 is 0 Å². The van der Waals surface area contributed by atoms with E-state index in [1.807, 2.05) is 41.4 Å². The first-order valence-electron chi connectivity index (χ1n) is 11.2. The van der Waals surface area contributed by atoms with Crippen molar-refractivity contribution in [3.8, 4) is 6.07 Å². The maximum absolute atomic E-state index is 11.2. The number of carbonyl (C=O) groups is 1. The molecule has 9 nitrogen and oxygen atoms in total. The molecule has 1 saturated heterocycles. The molecule has 0 bridgehead atoms. The lowest BCUT2D eigenvalue weighted by Crippen LogP contribution is -2.47. The number of hydrogen-bond donors (Lipinski definition) is 2. The molecule has 1 aromatic carbocycles. The Morgan fingerprint density at radius 3 is 2.76 bits per heavy atom. The van der Waals surface area contributed by atoms with Crippen molar-refractivity contribution >= 4 is 22.8 Å². The number of anilines is 1. The van der Waals surface area contributed by atoms with Gasteiger partial charge in [0.2, 0.25) is 5.91 Å². The van der Waals surface area contributed by atoms with Crippen molar-refractivity contribution in [1.29, 1.82) is 5.26 Å². The van der Waals surface area contributed by atoms with Crippen LogP contribution in [0.2, 0.25) is 0 Å². The number of benzene rings is 1. The molecule has 9 heteroatoms. The fourth-order valence-corrected chi connectivity index (χ4v) is 4.51. The van der Waals surface area contributed by atoms with Gasteiger partial charge in [-0.3, -0.25) is 9.69 Å². The average Bonchev–Trinajstić information content (AvgIpc) is 3.22. The molecule has 3 heterocycles. The van der Waals surface area contributed by atoms with Crippen molar-refractivity contribution in [3.63, 3.8) is 0 Å². The molecular formula is C24H29N7O2. The fourth-order valence-electron chi connectivity index (χ4n) is 4.51. The van der Waals surface area contributed by atoms with Crippen LogP contribution >= 0.6 is 0 Å². The molecule has 0 spiro atoms. The summed E-state index contributed by atoms with van der Waals surface area (Å²) in [7, 11) is 0. The van der Waals surface area contributed by atoms with E-state index in [-0.39, 0.29) is 18.4 Å². The minimum Gasteiger partial charge on any atom is -0.391 e. The second-order valence-corrected chi connectivity index (χ2v) is 8.54. The van der Waals surface area contributed by atoms with E-state index in [4.69, 9.17) is 11.0 Å². The first-order valence-corrected chi connectivity index (χ1v) is 11.2. The second kappa shape index (κ2) is 9.98. The summed E-state index contributed by atoms with van der Waals surface area (Å²) in [6.45, 7) is 5.54. The first kappa shape index (κ1) is 22.7. The number of nitriles is 1. The molecule has 0 saturated carbocycles. The van der Waals surface area contributed by atoms with Crippen molar-refractivity contribution in [2.75, 3.05) is 31.1 Å². The lowest BCUT2D eigenvalue weighted by molar-refractivity contribution is -0.120. The van der Waals surface area contributed by atoms with E-state index in [1.165, 1.54) is 0 Å². The van der Waals surface area contributed by atoms with E-state index >= 15 is 0 Å². The first-order chi connectivity index (χ1) is 16.0. The monoisotopic (exact) mass is 447 g/mol. The van der Waals surface area contributed by atoms with E-state index in [0.29, 0.717) is 25.2 Å². The molecule has 0 aliphatic carbocycles. The molecule has 1 aliphatic rings. The molecule has 2 aromatic heterocycles. The van der Waals surface area contributed by atoms with Crippen LogP contribution in [0.15, 0.2) is 42.9 Å². The van der Waals surface area contributed by atoms with Crippen LogP contribution in [0.3, 0.4) is 0 Å². The van der Waals surface area contributed by atoms with E-state index in [1.54, 1.807) is 6.33 Å². The van der Waals surface area contributed by atoms with Crippen molar-refractivity contribution in [1.82, 2.24) is 19.4 Å². The SMILES string of the molecule is CCN(Cc1ccc(C#N)cc1)c1ncnc2c1ccn2CC1CCN(CC(N)=O)C[C@@H]1O. The molecule has 33 heavy (non-hydrogen) atoms. The van der Waals surface area contributed by atoms with Gasteiger partial charge in [-0.05, 0) is 43.7 Å². The van der Waals surface area contributed by atoms with E-state index in [2.05, 4.69) is 32.4 Å². The zero-order chi connectivity index (χ0) is 23.4. The number of aliphatic hydroxyl groups excluding tert-OH is 1. The highest BCUT2D eigenvalue weighted by Gasteiger charge is 2.29. The normalized spacial score (nSPS) is 18.8. The number of β-amino-alcohol motifs (C(OH)–C–C–N with tert-alkyl or cyclic N) is 1. The smallest absolute Gasteiger partial charge is 0.231 e. The molecule has 1 unspecified atom stereocenters. The Morgan fingerprint density at radius 1 is 1.30 bits per heavy atom. The molecule has 3 aromatic rings. The maximum atomic E-state index is 11.2. The molecule has 1 amide bonds. The van der Waals surface area contributed by atoms with Gasteiger partial charge in [-0.2, -0.15) is 5.26 Å². The van der Waals surface area contributed by atoms with Gasteiger partial charge in [0.05, 0.1) is 29.7 Å². The summed E-state index contributed by atoms with van der Waals surface area (Å²) in [5.41, 5.74) is 7.88. The topological polar surface area (TPSA) is 124 Å². The van der Waals surface area contributed by atoms with Gasteiger partial charge in [0, 0.05) is 38.3 Å². The van der Waals surface area contributed by atoms with E-state index in [9.17, 15) is 9.90 Å². The number of nitrogens with zero attached hydrogens (tertiary/aromatic N) is 6. The number of amides is 1. The molecule has 1 fully saturated rings. The van der Waals surface area contributed by atoms with E-state index < -0.39 is 6.10 Å². The number of likely N-dealkylation sites (tertiary alicyclic amines) is 1. The molecule has 172 valence electrons. The summed E-state index contributed by atoms with van der Waals surface area (Å²) < 4.78 is 2.08. The van der Waals surface area contributed by atoms with Crippen LogP contribution in [-0.2, 0) is 17.9 Å². The highest BCUT2D eigenvalue weighted by Crippen LogP contribution is 2.27. The second-order valence-electron chi connectivity index (χ2n) is 8.54. The quantitative estimate of drug-likeness (QED) is 0.536. The molecule has 2 atom stereocenters. The Balaban J connectivity index is 1.51. The lowest BCUT2D eigenvalue weighted by Gasteiger charge is -2.35. The number of aromatic nitrogens is 3. The summed E-state index contributed by atoms with van der Waals surface area (Å²) >= 11 is 0. The van der Waals surface area contributed by atoms with Crippen LogP contribution in [0.4, 0.5) is 5.82 Å². The average molecular weight is 448 g/mol. The van der Waals surface area contributed by atoms with Gasteiger partial charge in [-0.25, -0.2) is 9.97 Å². The third-order valence-corrected chi connectivity index (χ3v) is 6.29. The number of carbonyl (C=O) groups excluding carboxylic acids is 1. The summed E-state index contributed by atoms with van der Waals surface area (Å²) in [6, 6.07) is 11.8. The number of hydrogen-bond acceptors (Lipinski definition) is 7. The Morgan fingerprint density at radius 2 is 2.09 bits per heavy atom. The molecular weight excluding hydrogens is 418 g/mol. The third-order valence-electron chi connectivity index (χ3n) is 6.29. The minimum atomic E-state index is -0.527. The van der Waals surface area contributed by atoms with Crippen LogP contribution in [0.1, 0.15) is 24.5 Å². The van der Waals surface area contributed by atoms with Crippen LogP contribution in [0.25, 0.3) is 11.0 Å². The van der Waals surface area contributed by atoms with Crippen molar-refractivity contribution in [3.05, 3.63) is 54.0 Å². The lowest BCUT2D eigenvalue weighted by atomic mass is 9.93. The van der Waals surface area contributed by atoms with Crippen molar-refractivity contribution in [2.45, 2.75) is 32.5 Å². The van der Waals surface area contributed by atoms with Crippen LogP contribution in [-0.4, -0.2) is 62.7 Å². The molecule has 1 aliphatic heterocycles. The highest BCUT2D eigenvalue weighted by atomic mass is 16.3. The summed E-state index contributed by atoms with van der Waals surface area (Å²) in [6.07, 6.45) is 3.84. The van der Waals surface area contributed by atoms with Gasteiger partial charge in [0.25, 0.3) is 0 Å². The predicted molar refractivity (Wildman–Crippen MR) is 125 cm³/mol. The zero-order valence-electron chi connectivity index (χ0n) is 18.8. The minimum absolute atomic E-state index is 0.0732. The number of fused-ring (bicyclic) bond motifs is 1. The molecule has 3 N–H and O–H groups in total. The summed E-state index contributed by atoms with van der Waals surface area (Å²) in [5.74, 6) is 0.564. The predicted octanol–water partition coefficient (Wildman–Crippen LogP) is 1.50. The zero-order valence-corrected chi connectivity index (χ0v) is 18.8. The largest absolute Gasteiger partial charge is 0.391 e. The van der Waals surface area contributed by atoms with Gasteiger partial charge in [0.1, 0.15) is 17.8 Å². The van der Waals surface area contributed by atoms with Crippen LogP contribution in [0.5, 0.6) is 0 Å². The fraction of sp³-hybridized carbons (Fsp3) is 0.417. The molecule has 0 radical (unpaired) electrons. The Kier molecular flexibility index (Phi) is 6.87. The van der Waals surface area contributed by atoms with Gasteiger partial charge in [0.15, 0.2) is 0 Å². The Labute approximate surface area is 193 Å². The number of nitrogens with two attached hydrogens (primary N) is 1. The molecule has 4 rings (SSSR count). The van der Waals surface area contributed by atoms with Crippen molar-refractivity contribution in [2.24, 2.45) is 11.7 Å². The van der Waals surface area contributed by atoms with Gasteiger partial charge in [-0.15, -0.1) is 0 Å². The third kappa shape index (κ3) is 5.13. The van der Waals surface area contributed by atoms with E-state index in [0.717, 1.165) is 41.9 Å². The summed E-state index contributed by atoms with van der Waals surface area (Å²) in [5, 5.41) is 20.6. The van der Waals surface area contributed by atoms with Gasteiger partial charge in [-0.1, -0.05) is 12.1 Å². The number of primary amides is 1. The Hall–Kier alpha value is -3.48. The summed E-state index contributed by atoms with van der Waals surface area (Å²) in [4.78, 5) is 24.4. The highest BCUT2D eigenvalue weighted by molar-refractivity contribution is 5.87. The number of piperidine rings is 1. The Bertz CT molecular complexity index is 1150. The van der Waals surface area contributed by atoms with Crippen molar-refractivity contribution < 1.29 is 9.90 Å². The maximum Gasteiger partial charge on any atom is 0.231 e. The standard InChI is InChI=1S/C24H29N7O2/c1-2-30(12-18-5-3-17(11-25)4-6-18)23-20-8-10-31(24(20)28-16-27-23)13-19-7-9-29(14-21(19)32)15-22(26)33/h3-6,8,10,16,19,21,32H,2,7,9,12-15H2,1H3,(H2,26,33)/t19?,21-/m0/s1. The van der Waals surface area contributed by atoms with Crippen LogP contribution in [0, 0.1) is 17.2 Å². The number of rotatable bonds is 8. The van der Waals surface area contributed by atoms with Gasteiger partial charge < -0.3 is 20.3 Å². The number of aliphatic hydroxyl groups is 1. The van der Waals surface area contributed by atoms with Crippen LogP contribution < -0.4 is 10.6 Å².